The number of ether oxygens (including phenoxy) is 5. The molecule has 0 aromatic heterocycles. The molecular weight excluding hydrogens is 460 g/mol. The van der Waals surface area contributed by atoms with E-state index in [1.54, 1.807) is 0 Å². The Labute approximate surface area is 212 Å². The summed E-state index contributed by atoms with van der Waals surface area (Å²) in [4.78, 5) is 0. The fourth-order valence-corrected chi connectivity index (χ4v) is 4.29. The summed E-state index contributed by atoms with van der Waals surface area (Å²) in [7, 11) is 1.52. The molecule has 36 heavy (non-hydrogen) atoms. The molecule has 192 valence electrons. The van der Waals surface area contributed by atoms with Gasteiger partial charge in [0.15, 0.2) is 6.29 Å². The second-order valence-corrected chi connectivity index (χ2v) is 8.74. The van der Waals surface area contributed by atoms with E-state index in [4.69, 9.17) is 23.7 Å². The Hall–Kier alpha value is -2.62. The minimum absolute atomic E-state index is 0.276. The molecule has 1 aliphatic heterocycles. The van der Waals surface area contributed by atoms with E-state index in [9.17, 15) is 10.2 Å². The first kappa shape index (κ1) is 26.4. The minimum atomic E-state index is -1.19. The number of hydrogen-bond acceptors (Lipinski definition) is 7. The van der Waals surface area contributed by atoms with Gasteiger partial charge in [0, 0.05) is 7.11 Å². The zero-order valence-electron chi connectivity index (χ0n) is 20.4. The van der Waals surface area contributed by atoms with Gasteiger partial charge in [-0.05, 0) is 16.7 Å². The summed E-state index contributed by atoms with van der Waals surface area (Å²) >= 11 is 0. The van der Waals surface area contributed by atoms with Crippen LogP contribution in [0.3, 0.4) is 0 Å². The number of aliphatic hydroxyl groups excluding tert-OH is 2. The highest BCUT2D eigenvalue weighted by Gasteiger charge is 2.50. The molecule has 0 saturated carbocycles. The van der Waals surface area contributed by atoms with Gasteiger partial charge in [-0.3, -0.25) is 0 Å². The van der Waals surface area contributed by atoms with Crippen LogP contribution >= 0.6 is 0 Å². The van der Waals surface area contributed by atoms with Gasteiger partial charge in [-0.25, -0.2) is 0 Å². The molecule has 3 aromatic carbocycles. The van der Waals surface area contributed by atoms with E-state index in [0.29, 0.717) is 13.2 Å². The molecule has 1 heterocycles. The first-order chi connectivity index (χ1) is 17.7. The Bertz CT molecular complexity index is 1000. The van der Waals surface area contributed by atoms with Crippen molar-refractivity contribution in [2.24, 2.45) is 0 Å². The third-order valence-electron chi connectivity index (χ3n) is 6.19. The van der Waals surface area contributed by atoms with Gasteiger partial charge in [0.1, 0.15) is 30.5 Å². The average Bonchev–Trinajstić information content (AvgIpc) is 2.94. The van der Waals surface area contributed by atoms with Crippen LogP contribution in [-0.4, -0.2) is 60.7 Å². The lowest BCUT2D eigenvalue weighted by atomic mass is 9.94. The molecule has 0 bridgehead atoms. The molecule has 3 aromatic rings. The Morgan fingerprint density at radius 1 is 0.667 bits per heavy atom. The number of hydrogen-bond donors (Lipinski definition) is 2. The summed E-state index contributed by atoms with van der Waals surface area (Å²) in [6.45, 7) is 0.407. The van der Waals surface area contributed by atoms with Gasteiger partial charge in [0.05, 0.1) is 26.4 Å². The zero-order chi connectivity index (χ0) is 25.2. The molecule has 0 aliphatic carbocycles. The topological polar surface area (TPSA) is 86.6 Å². The van der Waals surface area contributed by atoms with Gasteiger partial charge >= 0.3 is 0 Å². The van der Waals surface area contributed by atoms with E-state index >= 15 is 0 Å². The smallest absolute Gasteiger partial charge is 0.186 e. The highest BCUT2D eigenvalue weighted by atomic mass is 16.7. The Morgan fingerprint density at radius 2 is 1.08 bits per heavy atom. The van der Waals surface area contributed by atoms with Gasteiger partial charge in [-0.1, -0.05) is 91.0 Å². The molecule has 1 fully saturated rings. The molecule has 2 N–H and O–H groups in total. The van der Waals surface area contributed by atoms with Gasteiger partial charge in [0.25, 0.3) is 0 Å². The zero-order valence-corrected chi connectivity index (χ0v) is 20.4. The van der Waals surface area contributed by atoms with Crippen LogP contribution in [0.1, 0.15) is 16.7 Å². The van der Waals surface area contributed by atoms with Crippen molar-refractivity contribution in [3.05, 3.63) is 108 Å². The van der Waals surface area contributed by atoms with Crippen molar-refractivity contribution in [1.29, 1.82) is 0 Å². The number of methoxy groups -OCH3 is 1. The Balaban J connectivity index is 1.61. The van der Waals surface area contributed by atoms with E-state index in [0.717, 1.165) is 16.7 Å². The Morgan fingerprint density at radius 3 is 1.50 bits per heavy atom. The molecule has 1 aliphatic rings. The van der Waals surface area contributed by atoms with Gasteiger partial charge < -0.3 is 33.9 Å². The van der Waals surface area contributed by atoms with Crippen LogP contribution in [0.2, 0.25) is 0 Å². The van der Waals surface area contributed by atoms with Gasteiger partial charge in [0.2, 0.25) is 0 Å². The van der Waals surface area contributed by atoms with E-state index in [2.05, 4.69) is 0 Å². The predicted octanol–water partition coefficient (Wildman–Crippen LogP) is 3.47. The second kappa shape index (κ2) is 13.6. The lowest BCUT2D eigenvalue weighted by Gasteiger charge is -2.46. The number of benzene rings is 3. The fraction of sp³-hybridized carbons (Fsp3) is 0.379. The van der Waals surface area contributed by atoms with E-state index < -0.39 is 43.4 Å². The second-order valence-electron chi connectivity index (χ2n) is 8.74. The maximum Gasteiger partial charge on any atom is 0.186 e. The van der Waals surface area contributed by atoms with Crippen LogP contribution in [-0.2, 0) is 43.5 Å². The fourth-order valence-electron chi connectivity index (χ4n) is 4.29. The van der Waals surface area contributed by atoms with Crippen LogP contribution < -0.4 is 0 Å². The quantitative estimate of drug-likeness (QED) is 0.399. The summed E-state index contributed by atoms with van der Waals surface area (Å²) in [5.74, 6) is 0. The molecule has 7 heteroatoms. The van der Waals surface area contributed by atoms with Gasteiger partial charge in [-0.2, -0.15) is 0 Å². The SMILES string of the molecule is CO[C@H]1O[C@H]([C@@H](O)CO)[C@@H](OCc2ccccc2)[C@H](OCc2ccccc2)[C@H]1OCc1ccccc1. The lowest BCUT2D eigenvalue weighted by molar-refractivity contribution is -0.330. The van der Waals surface area contributed by atoms with Gasteiger partial charge in [-0.15, -0.1) is 0 Å². The molecule has 0 unspecified atom stereocenters. The van der Waals surface area contributed by atoms with Crippen LogP contribution in [0, 0.1) is 0 Å². The third-order valence-corrected chi connectivity index (χ3v) is 6.19. The van der Waals surface area contributed by atoms with E-state index in [1.165, 1.54) is 7.11 Å². The maximum absolute atomic E-state index is 10.7. The van der Waals surface area contributed by atoms with Crippen molar-refractivity contribution in [1.82, 2.24) is 0 Å². The van der Waals surface area contributed by atoms with Crippen LogP contribution in [0.4, 0.5) is 0 Å². The van der Waals surface area contributed by atoms with Crippen LogP contribution in [0.25, 0.3) is 0 Å². The van der Waals surface area contributed by atoms with Crippen molar-refractivity contribution in [3.8, 4) is 0 Å². The van der Waals surface area contributed by atoms with E-state index in [1.807, 2.05) is 91.0 Å². The van der Waals surface area contributed by atoms with Crippen molar-refractivity contribution in [2.45, 2.75) is 56.6 Å². The maximum atomic E-state index is 10.7. The van der Waals surface area contributed by atoms with Crippen molar-refractivity contribution >= 4 is 0 Å². The minimum Gasteiger partial charge on any atom is -0.394 e. The average molecular weight is 495 g/mol. The third kappa shape index (κ3) is 6.99. The molecule has 6 atom stereocenters. The number of rotatable bonds is 12. The summed E-state index contributed by atoms with van der Waals surface area (Å²) in [6, 6.07) is 29.4. The highest BCUT2D eigenvalue weighted by molar-refractivity contribution is 5.15. The molecule has 0 radical (unpaired) electrons. The lowest BCUT2D eigenvalue weighted by Crippen LogP contribution is -2.63. The standard InChI is InChI=1S/C29H34O7/c1-32-29-28(35-20-23-15-9-4-10-16-23)27(34-19-22-13-7-3-8-14-22)26(25(36-29)24(31)17-30)33-18-21-11-5-2-6-12-21/h2-16,24-31H,17-20H2,1H3/t24-,25+,26+,27-,28+,29-/m0/s1. The van der Waals surface area contributed by atoms with E-state index in [-0.39, 0.29) is 6.61 Å². The summed E-state index contributed by atoms with van der Waals surface area (Å²) in [6.07, 6.45) is -4.95. The molecular formula is C29H34O7. The van der Waals surface area contributed by atoms with Crippen molar-refractivity contribution < 1.29 is 33.9 Å². The highest BCUT2D eigenvalue weighted by Crippen LogP contribution is 2.32. The van der Waals surface area contributed by atoms with Crippen molar-refractivity contribution in [3.63, 3.8) is 0 Å². The summed E-state index contributed by atoms with van der Waals surface area (Å²) in [5, 5.41) is 20.4. The van der Waals surface area contributed by atoms with Crippen molar-refractivity contribution in [2.75, 3.05) is 13.7 Å². The monoisotopic (exact) mass is 494 g/mol. The molecule has 7 nitrogen and oxygen atoms in total. The number of aliphatic hydroxyl groups is 2. The summed E-state index contributed by atoms with van der Waals surface area (Å²) < 4.78 is 30.8. The molecule has 0 amide bonds. The largest absolute Gasteiger partial charge is 0.394 e. The molecule has 1 saturated heterocycles. The predicted molar refractivity (Wildman–Crippen MR) is 134 cm³/mol. The first-order valence-corrected chi connectivity index (χ1v) is 12.1. The normalized spacial score (nSPS) is 24.9. The molecule has 0 spiro atoms. The first-order valence-electron chi connectivity index (χ1n) is 12.1. The van der Waals surface area contributed by atoms with Crippen LogP contribution in [0.15, 0.2) is 91.0 Å². The van der Waals surface area contributed by atoms with Crippen LogP contribution in [0.5, 0.6) is 0 Å². The Kier molecular flexibility index (Phi) is 10.0. The molecule has 4 rings (SSSR count). The summed E-state index contributed by atoms with van der Waals surface area (Å²) in [5.41, 5.74) is 2.95.